The molecule has 43 heavy (non-hydrogen) atoms. The minimum atomic E-state index is -0.797. The number of halogens is 2. The van der Waals surface area contributed by atoms with Crippen molar-refractivity contribution < 1.29 is 28.6 Å². The lowest BCUT2D eigenvalue weighted by atomic mass is 9.60. The van der Waals surface area contributed by atoms with Gasteiger partial charge in [0.15, 0.2) is 6.61 Å². The van der Waals surface area contributed by atoms with Gasteiger partial charge in [0, 0.05) is 36.4 Å². The monoisotopic (exact) mass is 622 g/mol. The first-order chi connectivity index (χ1) is 20.6. The van der Waals surface area contributed by atoms with Gasteiger partial charge in [0.1, 0.15) is 18.2 Å². The van der Waals surface area contributed by atoms with E-state index in [1.54, 1.807) is 0 Å². The average molecular weight is 623 g/mol. The van der Waals surface area contributed by atoms with Crippen LogP contribution in [0.25, 0.3) is 0 Å². The number of rotatable bonds is 9. The zero-order valence-electron chi connectivity index (χ0n) is 25.5. The van der Waals surface area contributed by atoms with Crippen LogP contribution >= 0.6 is 11.6 Å². The number of carbonyl (C=O) groups excluding carboxylic acids is 2. The molecule has 5 aliphatic rings. The molecule has 0 aromatic heterocycles. The Labute approximate surface area is 259 Å². The van der Waals surface area contributed by atoms with E-state index >= 15 is 0 Å². The van der Waals surface area contributed by atoms with E-state index in [0.717, 1.165) is 12.7 Å². The number of amides is 2. The smallest absolute Gasteiger partial charge is 0.258 e. The number of hydrogen-bond donors (Lipinski definition) is 4. The summed E-state index contributed by atoms with van der Waals surface area (Å²) in [4.78, 5) is 28.4. The van der Waals surface area contributed by atoms with Crippen LogP contribution in [0.3, 0.4) is 0 Å². The van der Waals surface area contributed by atoms with Crippen molar-refractivity contribution in [2.75, 3.05) is 19.9 Å². The molecule has 11 heteroatoms. The Morgan fingerprint density at radius 1 is 1.05 bits per heavy atom. The van der Waals surface area contributed by atoms with Gasteiger partial charge in [-0.05, 0) is 70.9 Å². The first kappa shape index (κ1) is 32.4. The van der Waals surface area contributed by atoms with Crippen molar-refractivity contribution in [2.24, 2.45) is 0 Å². The Hall–Kier alpha value is -1.98. The van der Waals surface area contributed by atoms with Gasteiger partial charge in [0.2, 0.25) is 5.91 Å². The first-order valence-electron chi connectivity index (χ1n) is 16.1. The van der Waals surface area contributed by atoms with Crippen molar-refractivity contribution in [1.29, 1.82) is 0 Å². The van der Waals surface area contributed by atoms with Crippen molar-refractivity contribution in [3.8, 4) is 5.75 Å². The number of hydrogen-bond acceptors (Lipinski definition) is 7. The second-order valence-electron chi connectivity index (χ2n) is 13.3. The molecule has 3 unspecified atom stereocenters. The minimum absolute atomic E-state index is 0.0155. The third-order valence-electron chi connectivity index (χ3n) is 10.4. The summed E-state index contributed by atoms with van der Waals surface area (Å²) >= 11 is 5.70. The highest BCUT2D eigenvalue weighted by molar-refractivity contribution is 6.30. The van der Waals surface area contributed by atoms with Crippen LogP contribution in [0.5, 0.6) is 5.75 Å². The molecule has 0 spiro atoms. The van der Waals surface area contributed by atoms with Crippen molar-refractivity contribution in [3.05, 3.63) is 29.0 Å². The minimum Gasteiger partial charge on any atom is -0.484 e. The number of carbonyl (C=O) groups is 2. The molecular formula is C32H48ClFN4O5. The normalized spacial score (nSPS) is 33.8. The molecule has 1 saturated heterocycles. The fourth-order valence-corrected chi connectivity index (χ4v) is 7.94. The molecule has 2 bridgehead atoms. The number of ether oxygens (including phenoxy) is 2. The third kappa shape index (κ3) is 7.64. The van der Waals surface area contributed by atoms with Crippen molar-refractivity contribution in [3.63, 3.8) is 0 Å². The Kier molecular flexibility index (Phi) is 10.5. The van der Waals surface area contributed by atoms with E-state index in [4.69, 9.17) is 21.1 Å². The van der Waals surface area contributed by atoms with Crippen molar-refractivity contribution >= 4 is 23.4 Å². The molecule has 6 rings (SSSR count). The quantitative estimate of drug-likeness (QED) is 0.329. The highest BCUT2D eigenvalue weighted by atomic mass is 35.5. The Balaban J connectivity index is 1.10. The maximum absolute atomic E-state index is 13.7. The van der Waals surface area contributed by atoms with Crippen LogP contribution in [-0.2, 0) is 14.3 Å². The van der Waals surface area contributed by atoms with Crippen LogP contribution < -0.4 is 20.7 Å². The topological polar surface area (TPSA) is 112 Å². The van der Waals surface area contributed by atoms with E-state index < -0.39 is 23.0 Å². The number of aliphatic hydroxyl groups excluding tert-OH is 1. The zero-order chi connectivity index (χ0) is 30.6. The van der Waals surface area contributed by atoms with Gasteiger partial charge in [-0.15, -0.1) is 0 Å². The largest absolute Gasteiger partial charge is 0.484 e. The lowest BCUT2D eigenvalue weighted by Gasteiger charge is -2.56. The van der Waals surface area contributed by atoms with Crippen LogP contribution in [0, 0.1) is 5.82 Å². The standard InChI is InChI=1S/C32H48ClFN4O5/c1-21-30(22(2)38(20-35-21)23-8-6-4-3-5-7-9-23)43-19-29(41)37-32-14-12-31(13-15-32,17-27(32)39)36-28(40)18-42-24-10-11-25(33)26(34)16-24/h10-11,16,21-23,27,30,35,39H,3-9,12-15,17-20H2,1-2H3,(H,36,40)(H,37,41)/t21?,22?,27-,30?,31?,32?/m0/s1. The molecule has 240 valence electrons. The summed E-state index contributed by atoms with van der Waals surface area (Å²) in [7, 11) is 0. The van der Waals surface area contributed by atoms with Gasteiger partial charge >= 0.3 is 0 Å². The molecule has 1 aromatic rings. The predicted octanol–water partition coefficient (Wildman–Crippen LogP) is 4.04. The van der Waals surface area contributed by atoms with E-state index in [1.807, 2.05) is 0 Å². The number of fused-ring (bicyclic) bond motifs is 3. The van der Waals surface area contributed by atoms with Crippen LogP contribution in [0.1, 0.15) is 90.9 Å². The maximum Gasteiger partial charge on any atom is 0.258 e. The van der Waals surface area contributed by atoms with Crippen LogP contribution in [0.4, 0.5) is 4.39 Å². The van der Waals surface area contributed by atoms with E-state index in [-0.39, 0.29) is 54.0 Å². The van der Waals surface area contributed by atoms with Gasteiger partial charge in [-0.1, -0.05) is 43.7 Å². The van der Waals surface area contributed by atoms with E-state index in [0.29, 0.717) is 38.1 Å². The Morgan fingerprint density at radius 2 is 1.72 bits per heavy atom. The van der Waals surface area contributed by atoms with Gasteiger partial charge in [-0.25, -0.2) is 4.39 Å². The van der Waals surface area contributed by atoms with Gasteiger partial charge in [0.25, 0.3) is 5.91 Å². The van der Waals surface area contributed by atoms with E-state index in [9.17, 15) is 19.1 Å². The summed E-state index contributed by atoms with van der Waals surface area (Å²) in [6, 6.07) is 4.90. The molecule has 1 heterocycles. The van der Waals surface area contributed by atoms with Gasteiger partial charge in [-0.3, -0.25) is 19.8 Å². The predicted molar refractivity (Wildman–Crippen MR) is 162 cm³/mol. The first-order valence-corrected chi connectivity index (χ1v) is 16.5. The number of nitrogens with one attached hydrogen (secondary N) is 3. The maximum atomic E-state index is 13.7. The summed E-state index contributed by atoms with van der Waals surface area (Å²) < 4.78 is 25.4. The van der Waals surface area contributed by atoms with Crippen LogP contribution in [-0.4, -0.2) is 83.1 Å². The van der Waals surface area contributed by atoms with Crippen LogP contribution in [0.2, 0.25) is 5.02 Å². The summed E-state index contributed by atoms with van der Waals surface area (Å²) in [5, 5.41) is 20.9. The zero-order valence-corrected chi connectivity index (χ0v) is 26.3. The average Bonchev–Trinajstić information content (AvgIpc) is 2.95. The molecule has 4 atom stereocenters. The molecular weight excluding hydrogens is 575 g/mol. The lowest BCUT2D eigenvalue weighted by Crippen LogP contribution is -2.70. The van der Waals surface area contributed by atoms with Crippen LogP contribution in [0.15, 0.2) is 18.2 Å². The van der Waals surface area contributed by atoms with E-state index in [2.05, 4.69) is 34.7 Å². The van der Waals surface area contributed by atoms with Gasteiger partial charge in [0.05, 0.1) is 22.8 Å². The second kappa shape index (κ2) is 14.0. The highest BCUT2D eigenvalue weighted by Gasteiger charge is 2.55. The molecule has 1 aliphatic heterocycles. The van der Waals surface area contributed by atoms with Crippen molar-refractivity contribution in [2.45, 2.75) is 132 Å². The number of benzene rings is 1. The second-order valence-corrected chi connectivity index (χ2v) is 13.7. The molecule has 2 amide bonds. The SMILES string of the molecule is CC1NCN(C2CCCCCCC2)C(C)C1OCC(=O)NC12CCC(NC(=O)COc3ccc(Cl)c(F)c3)(CC1)C[C@@H]2O. The summed E-state index contributed by atoms with van der Waals surface area (Å²) in [6.07, 6.45) is 10.7. The summed E-state index contributed by atoms with van der Waals surface area (Å²) in [5.74, 6) is -0.960. The fraction of sp³-hybridized carbons (Fsp3) is 0.750. The number of aliphatic hydroxyl groups is 1. The molecule has 1 aromatic carbocycles. The van der Waals surface area contributed by atoms with Gasteiger partial charge < -0.3 is 25.2 Å². The molecule has 9 nitrogen and oxygen atoms in total. The number of nitrogens with zero attached hydrogens (tertiary/aromatic N) is 1. The summed E-state index contributed by atoms with van der Waals surface area (Å²) in [5.41, 5.74) is -1.29. The van der Waals surface area contributed by atoms with Gasteiger partial charge in [-0.2, -0.15) is 0 Å². The third-order valence-corrected chi connectivity index (χ3v) is 10.7. The molecule has 0 radical (unpaired) electrons. The van der Waals surface area contributed by atoms with Crippen molar-refractivity contribution in [1.82, 2.24) is 20.9 Å². The lowest BCUT2D eigenvalue weighted by molar-refractivity contribution is -0.143. The molecule has 4 aliphatic carbocycles. The molecule has 4 N–H and O–H groups in total. The van der Waals surface area contributed by atoms with E-state index in [1.165, 1.54) is 57.1 Å². The molecule has 4 saturated carbocycles. The Morgan fingerprint density at radius 3 is 2.40 bits per heavy atom. The Bertz CT molecular complexity index is 1120. The molecule has 5 fully saturated rings. The summed E-state index contributed by atoms with van der Waals surface area (Å²) in [6.45, 7) is 4.85. The highest BCUT2D eigenvalue weighted by Crippen LogP contribution is 2.47. The fourth-order valence-electron chi connectivity index (χ4n) is 7.82.